The zero-order valence-corrected chi connectivity index (χ0v) is 17.2. The van der Waals surface area contributed by atoms with Crippen LogP contribution in [0.15, 0.2) is 46.2 Å². The second-order valence-electron chi connectivity index (χ2n) is 6.97. The van der Waals surface area contributed by atoms with E-state index in [4.69, 9.17) is 10.1 Å². The van der Waals surface area contributed by atoms with Gasteiger partial charge in [-0.1, -0.05) is 0 Å². The summed E-state index contributed by atoms with van der Waals surface area (Å²) in [5, 5.41) is 14.5. The van der Waals surface area contributed by atoms with Gasteiger partial charge in [0.15, 0.2) is 0 Å². The number of nitrogens with zero attached hydrogens (tertiary/aromatic N) is 1. The van der Waals surface area contributed by atoms with Crippen molar-refractivity contribution >= 4 is 27.2 Å². The van der Waals surface area contributed by atoms with Gasteiger partial charge in [-0.05, 0) is 43.2 Å². The number of hydrogen-bond donors (Lipinski definition) is 4. The minimum atomic E-state index is -3.53. The van der Waals surface area contributed by atoms with Gasteiger partial charge in [0.25, 0.3) is 5.56 Å². The van der Waals surface area contributed by atoms with E-state index in [1.807, 2.05) is 0 Å². The quantitative estimate of drug-likeness (QED) is 0.416. The van der Waals surface area contributed by atoms with Crippen molar-refractivity contribution in [1.29, 1.82) is 5.41 Å². The number of ether oxygens (including phenoxy) is 1. The molecule has 1 aliphatic rings. The fraction of sp³-hybridized carbons (Fsp3) is 0.368. The molecule has 1 aromatic carbocycles. The highest BCUT2D eigenvalue weighted by atomic mass is 32.2. The number of rotatable bonds is 6. The van der Waals surface area contributed by atoms with E-state index < -0.39 is 15.6 Å². The number of benzene rings is 1. The summed E-state index contributed by atoms with van der Waals surface area (Å²) in [7, 11) is -0.603. The summed E-state index contributed by atoms with van der Waals surface area (Å²) in [6, 6.07) is 7.83. The van der Waals surface area contributed by atoms with Crippen molar-refractivity contribution in [1.82, 2.24) is 9.29 Å². The fourth-order valence-corrected chi connectivity index (χ4v) is 3.95. The number of nitrogens with one attached hydrogen (secondary N) is 4. The summed E-state index contributed by atoms with van der Waals surface area (Å²) in [5.74, 6) is -0.0886. The van der Waals surface area contributed by atoms with Crippen molar-refractivity contribution in [2.75, 3.05) is 37.9 Å². The highest BCUT2D eigenvalue weighted by Crippen LogP contribution is 2.20. The molecule has 156 valence electrons. The number of aromatic amines is 1. The Kier molecular flexibility index (Phi) is 6.36. The Morgan fingerprint density at radius 3 is 2.59 bits per heavy atom. The number of aromatic nitrogens is 1. The molecule has 0 unspecified atom stereocenters. The van der Waals surface area contributed by atoms with Gasteiger partial charge in [-0.25, -0.2) is 12.7 Å². The number of hydrogen-bond acceptors (Lipinski definition) is 6. The van der Waals surface area contributed by atoms with E-state index in [1.165, 1.54) is 32.4 Å². The van der Waals surface area contributed by atoms with Crippen molar-refractivity contribution in [3.05, 3.63) is 52.4 Å². The Morgan fingerprint density at radius 2 is 1.97 bits per heavy atom. The maximum Gasteiger partial charge on any atom is 0.261 e. The van der Waals surface area contributed by atoms with E-state index in [2.05, 4.69) is 15.6 Å². The van der Waals surface area contributed by atoms with Crippen LogP contribution in [0.1, 0.15) is 18.4 Å². The number of sulfonamides is 1. The first-order valence-electron chi connectivity index (χ1n) is 9.23. The summed E-state index contributed by atoms with van der Waals surface area (Å²) < 4.78 is 30.9. The van der Waals surface area contributed by atoms with Crippen LogP contribution in [0.4, 0.5) is 11.4 Å². The van der Waals surface area contributed by atoms with Crippen LogP contribution in [-0.2, 0) is 14.8 Å². The first-order valence-corrected chi connectivity index (χ1v) is 10.7. The Hall–Kier alpha value is -2.69. The third-order valence-corrected chi connectivity index (χ3v) is 6.46. The Morgan fingerprint density at radius 1 is 1.24 bits per heavy atom. The average molecular weight is 420 g/mol. The van der Waals surface area contributed by atoms with E-state index in [0.29, 0.717) is 18.0 Å². The van der Waals surface area contributed by atoms with Crippen LogP contribution in [0.5, 0.6) is 0 Å². The zero-order chi connectivity index (χ0) is 21.0. The van der Waals surface area contributed by atoms with E-state index in [0.717, 1.165) is 23.8 Å². The lowest BCUT2D eigenvalue weighted by Gasteiger charge is -2.25. The molecule has 0 amide bonds. The molecule has 2 aromatic rings. The lowest BCUT2D eigenvalue weighted by atomic mass is 10.1. The molecule has 1 atom stereocenters. The van der Waals surface area contributed by atoms with E-state index in [9.17, 15) is 13.2 Å². The molecule has 3 rings (SSSR count). The molecule has 9 nitrogen and oxygen atoms in total. The van der Waals surface area contributed by atoms with Crippen LogP contribution in [0, 0.1) is 5.41 Å². The lowest BCUT2D eigenvalue weighted by Crippen LogP contribution is -2.33. The first kappa shape index (κ1) is 21.0. The Labute approximate surface area is 169 Å². The molecule has 0 aliphatic carbocycles. The minimum absolute atomic E-state index is 0.0765. The highest BCUT2D eigenvalue weighted by Gasteiger charge is 2.20. The van der Waals surface area contributed by atoms with Crippen LogP contribution in [0.3, 0.4) is 0 Å². The molecule has 1 aromatic heterocycles. The van der Waals surface area contributed by atoms with Gasteiger partial charge in [0.1, 0.15) is 11.4 Å². The van der Waals surface area contributed by atoms with Gasteiger partial charge >= 0.3 is 0 Å². The van der Waals surface area contributed by atoms with Gasteiger partial charge in [-0.15, -0.1) is 0 Å². The van der Waals surface area contributed by atoms with Crippen LogP contribution in [0.25, 0.3) is 0 Å². The Bertz CT molecular complexity index is 1030. The van der Waals surface area contributed by atoms with Gasteiger partial charge < -0.3 is 20.4 Å². The van der Waals surface area contributed by atoms with Gasteiger partial charge in [0.2, 0.25) is 10.0 Å². The second-order valence-corrected chi connectivity index (χ2v) is 9.12. The topological polar surface area (TPSA) is 127 Å². The smallest absolute Gasteiger partial charge is 0.261 e. The molecule has 1 aliphatic heterocycles. The number of H-pyrrole nitrogens is 1. The minimum Gasteiger partial charge on any atom is -0.379 e. The zero-order valence-electron chi connectivity index (χ0n) is 16.4. The van der Waals surface area contributed by atoms with Gasteiger partial charge in [-0.3, -0.25) is 10.2 Å². The van der Waals surface area contributed by atoms with E-state index in [1.54, 1.807) is 18.2 Å². The summed E-state index contributed by atoms with van der Waals surface area (Å²) in [5.41, 5.74) is 0.843. The molecule has 0 bridgehead atoms. The normalized spacial score (nSPS) is 17.1. The largest absolute Gasteiger partial charge is 0.379 e. The van der Waals surface area contributed by atoms with Crippen molar-refractivity contribution in [2.24, 2.45) is 0 Å². The lowest BCUT2D eigenvalue weighted by molar-refractivity contribution is 0.0876. The van der Waals surface area contributed by atoms with Crippen molar-refractivity contribution in [3.8, 4) is 0 Å². The number of pyridine rings is 1. The second kappa shape index (κ2) is 8.76. The molecular weight excluding hydrogens is 394 g/mol. The molecular formula is C19H25N5O4S. The van der Waals surface area contributed by atoms with Gasteiger partial charge in [0, 0.05) is 38.6 Å². The number of amidine groups is 1. The predicted octanol–water partition coefficient (Wildman–Crippen LogP) is 1.65. The van der Waals surface area contributed by atoms with Gasteiger partial charge in [-0.2, -0.15) is 0 Å². The number of anilines is 2. The summed E-state index contributed by atoms with van der Waals surface area (Å²) in [6.45, 7) is 1.28. The molecule has 10 heteroatoms. The van der Waals surface area contributed by atoms with Crippen LogP contribution < -0.4 is 16.2 Å². The van der Waals surface area contributed by atoms with Crippen molar-refractivity contribution in [2.45, 2.75) is 23.8 Å². The average Bonchev–Trinajstić information content (AvgIpc) is 2.69. The molecule has 29 heavy (non-hydrogen) atoms. The molecule has 1 fully saturated rings. The predicted molar refractivity (Wildman–Crippen MR) is 112 cm³/mol. The van der Waals surface area contributed by atoms with E-state index in [-0.39, 0.29) is 22.3 Å². The summed E-state index contributed by atoms with van der Waals surface area (Å²) >= 11 is 0. The van der Waals surface area contributed by atoms with Crippen LogP contribution in [-0.4, -0.2) is 56.9 Å². The van der Waals surface area contributed by atoms with Crippen LogP contribution >= 0.6 is 0 Å². The molecule has 1 saturated heterocycles. The molecule has 2 heterocycles. The molecule has 0 saturated carbocycles. The SMILES string of the molecule is CN(C)S(=O)(=O)c1ccc(NC(=N)c2c(N[C@@H]3CCCOC3)cc[nH]c2=O)cc1. The van der Waals surface area contributed by atoms with E-state index >= 15 is 0 Å². The van der Waals surface area contributed by atoms with Gasteiger partial charge in [0.05, 0.1) is 17.2 Å². The standard InChI is InChI=1S/C19H25N5O4S/c1-24(2)29(26,27)15-7-5-13(6-8-15)23-18(20)17-16(9-10-21-19(17)25)22-14-4-3-11-28-12-14/h5-10,14H,3-4,11-12H2,1-2H3,(H2,20,23)(H2,21,22,25)/t14-/m1/s1. The van der Waals surface area contributed by atoms with Crippen LogP contribution in [0.2, 0.25) is 0 Å². The summed E-state index contributed by atoms with van der Waals surface area (Å²) in [4.78, 5) is 15.1. The maximum absolute atomic E-state index is 12.4. The molecule has 0 spiro atoms. The summed E-state index contributed by atoms with van der Waals surface area (Å²) in [6.07, 6.45) is 3.40. The third-order valence-electron chi connectivity index (χ3n) is 4.63. The Balaban J connectivity index is 1.79. The maximum atomic E-state index is 12.4. The third kappa shape index (κ3) is 4.84. The van der Waals surface area contributed by atoms with Crippen molar-refractivity contribution in [3.63, 3.8) is 0 Å². The molecule has 0 radical (unpaired) electrons. The highest BCUT2D eigenvalue weighted by molar-refractivity contribution is 7.89. The van der Waals surface area contributed by atoms with Crippen molar-refractivity contribution < 1.29 is 13.2 Å². The molecule has 4 N–H and O–H groups in total. The monoisotopic (exact) mass is 419 g/mol. The first-order chi connectivity index (χ1) is 13.8. The fourth-order valence-electron chi connectivity index (χ4n) is 3.05.